The summed E-state index contributed by atoms with van der Waals surface area (Å²) in [5.41, 5.74) is 0.983. The van der Waals surface area contributed by atoms with E-state index in [1.165, 1.54) is 0 Å². The van der Waals surface area contributed by atoms with Crippen molar-refractivity contribution in [2.45, 2.75) is 6.54 Å². The van der Waals surface area contributed by atoms with Gasteiger partial charge in [-0.2, -0.15) is 5.10 Å². The largest absolute Gasteiger partial charge is 0.370 e. The third-order valence-corrected chi connectivity index (χ3v) is 3.88. The zero-order chi connectivity index (χ0) is 13.8. The van der Waals surface area contributed by atoms with E-state index in [-0.39, 0.29) is 0 Å². The summed E-state index contributed by atoms with van der Waals surface area (Å²) in [4.78, 5) is 5.69. The zero-order valence-corrected chi connectivity index (χ0v) is 12.0. The van der Waals surface area contributed by atoms with Gasteiger partial charge in [0, 0.05) is 18.0 Å². The number of hydrogen-bond donors (Lipinski definition) is 2. The Morgan fingerprint density at radius 3 is 3.00 bits per heavy atom. The van der Waals surface area contributed by atoms with E-state index in [2.05, 4.69) is 19.7 Å². The standard InChI is InChI=1S/C13H17N5OS/c20-13-16-15-12(11-2-1-3-14-10-11)18(13)5-4-17-6-8-19-9-7-17/h1-3,10H,4-9H2,(H,16,20)/p+1. The van der Waals surface area contributed by atoms with Gasteiger partial charge in [0.25, 0.3) is 0 Å². The van der Waals surface area contributed by atoms with E-state index >= 15 is 0 Å². The van der Waals surface area contributed by atoms with E-state index in [1.54, 1.807) is 11.1 Å². The van der Waals surface area contributed by atoms with Gasteiger partial charge < -0.3 is 9.64 Å². The van der Waals surface area contributed by atoms with Crippen LogP contribution in [0.15, 0.2) is 24.5 Å². The van der Waals surface area contributed by atoms with Crippen LogP contribution in [0.25, 0.3) is 11.4 Å². The Morgan fingerprint density at radius 2 is 2.25 bits per heavy atom. The second-order valence-electron chi connectivity index (χ2n) is 4.86. The van der Waals surface area contributed by atoms with Gasteiger partial charge in [-0.25, -0.2) is 0 Å². The summed E-state index contributed by atoms with van der Waals surface area (Å²) >= 11 is 5.33. The summed E-state index contributed by atoms with van der Waals surface area (Å²) in [6.45, 7) is 5.71. The minimum absolute atomic E-state index is 0.663. The molecule has 0 radical (unpaired) electrons. The molecule has 20 heavy (non-hydrogen) atoms. The van der Waals surface area contributed by atoms with Gasteiger partial charge in [-0.05, 0) is 24.4 Å². The Kier molecular flexibility index (Phi) is 4.19. The van der Waals surface area contributed by atoms with Crippen LogP contribution in [-0.2, 0) is 11.3 Å². The predicted molar refractivity (Wildman–Crippen MR) is 77.0 cm³/mol. The monoisotopic (exact) mass is 292 g/mol. The van der Waals surface area contributed by atoms with Crippen molar-refractivity contribution in [1.29, 1.82) is 0 Å². The maximum Gasteiger partial charge on any atom is 0.195 e. The van der Waals surface area contributed by atoms with Gasteiger partial charge in [-0.3, -0.25) is 14.6 Å². The van der Waals surface area contributed by atoms with Crippen molar-refractivity contribution in [2.24, 2.45) is 0 Å². The number of H-pyrrole nitrogens is 1. The molecular weight excluding hydrogens is 274 g/mol. The zero-order valence-electron chi connectivity index (χ0n) is 11.2. The first-order valence-electron chi connectivity index (χ1n) is 6.81. The van der Waals surface area contributed by atoms with E-state index in [0.717, 1.165) is 50.8 Å². The van der Waals surface area contributed by atoms with Crippen molar-refractivity contribution in [3.05, 3.63) is 29.3 Å². The first kappa shape index (κ1) is 13.4. The number of nitrogens with one attached hydrogen (secondary N) is 2. The van der Waals surface area contributed by atoms with Crippen LogP contribution < -0.4 is 4.90 Å². The maximum atomic E-state index is 5.38. The minimum atomic E-state index is 0.663. The molecule has 1 aliphatic rings. The van der Waals surface area contributed by atoms with E-state index < -0.39 is 0 Å². The molecular formula is C13H18N5OS+. The summed E-state index contributed by atoms with van der Waals surface area (Å²) in [5, 5.41) is 7.20. The molecule has 3 rings (SSSR count). The van der Waals surface area contributed by atoms with Gasteiger partial charge in [-0.1, -0.05) is 0 Å². The normalized spacial score (nSPS) is 16.4. The number of aromatic nitrogens is 4. The van der Waals surface area contributed by atoms with E-state index in [1.807, 2.05) is 18.3 Å². The average Bonchev–Trinajstić information content (AvgIpc) is 2.88. The lowest BCUT2D eigenvalue weighted by atomic mass is 10.2. The second-order valence-corrected chi connectivity index (χ2v) is 5.24. The first-order chi connectivity index (χ1) is 9.84. The van der Waals surface area contributed by atoms with Gasteiger partial charge >= 0.3 is 0 Å². The van der Waals surface area contributed by atoms with Gasteiger partial charge in [-0.15, -0.1) is 0 Å². The number of ether oxygens (including phenoxy) is 1. The summed E-state index contributed by atoms with van der Waals surface area (Å²) in [6.07, 6.45) is 3.57. The van der Waals surface area contributed by atoms with Crippen molar-refractivity contribution >= 4 is 12.2 Å². The maximum absolute atomic E-state index is 5.38. The molecule has 0 aliphatic carbocycles. The van der Waals surface area contributed by atoms with Crippen LogP contribution in [0, 0.1) is 4.77 Å². The minimum Gasteiger partial charge on any atom is -0.370 e. The SMILES string of the molecule is S=c1[nH]nc(-c2cccnc2)n1CC[NH+]1CCOCC1. The Hall–Kier alpha value is -1.57. The molecule has 6 nitrogen and oxygen atoms in total. The molecule has 106 valence electrons. The molecule has 1 aliphatic heterocycles. The van der Waals surface area contributed by atoms with Crippen LogP contribution in [-0.4, -0.2) is 52.6 Å². The number of quaternary nitrogens is 1. The quantitative estimate of drug-likeness (QED) is 0.774. The first-order valence-corrected chi connectivity index (χ1v) is 7.22. The molecule has 7 heteroatoms. The smallest absolute Gasteiger partial charge is 0.195 e. The Bertz CT molecular complexity index is 603. The molecule has 3 heterocycles. The fourth-order valence-electron chi connectivity index (χ4n) is 2.42. The van der Waals surface area contributed by atoms with E-state index in [4.69, 9.17) is 17.0 Å². The summed E-state index contributed by atoms with van der Waals surface area (Å²) in [5.74, 6) is 0.857. The molecule has 2 N–H and O–H groups in total. The summed E-state index contributed by atoms with van der Waals surface area (Å²) < 4.78 is 8.09. The third-order valence-electron chi connectivity index (χ3n) is 3.57. The van der Waals surface area contributed by atoms with Crippen molar-refractivity contribution in [3.63, 3.8) is 0 Å². The highest BCUT2D eigenvalue weighted by atomic mass is 32.1. The molecule has 2 aromatic rings. The highest BCUT2D eigenvalue weighted by Crippen LogP contribution is 2.14. The molecule has 0 bridgehead atoms. The molecule has 0 aromatic carbocycles. The van der Waals surface area contributed by atoms with E-state index in [0.29, 0.717) is 4.77 Å². The van der Waals surface area contributed by atoms with Crippen molar-refractivity contribution < 1.29 is 9.64 Å². The lowest BCUT2D eigenvalue weighted by Crippen LogP contribution is -3.14. The molecule has 1 fully saturated rings. The number of aromatic amines is 1. The summed E-state index contributed by atoms with van der Waals surface area (Å²) in [7, 11) is 0. The molecule has 2 aromatic heterocycles. The fourth-order valence-corrected chi connectivity index (χ4v) is 2.64. The van der Waals surface area contributed by atoms with Gasteiger partial charge in [0.05, 0.1) is 26.3 Å². The molecule has 0 unspecified atom stereocenters. The number of rotatable bonds is 4. The van der Waals surface area contributed by atoms with Gasteiger partial charge in [0.15, 0.2) is 10.6 Å². The van der Waals surface area contributed by atoms with Crippen LogP contribution in [0.3, 0.4) is 0 Å². The van der Waals surface area contributed by atoms with Crippen LogP contribution in [0.2, 0.25) is 0 Å². The molecule has 1 saturated heterocycles. The van der Waals surface area contributed by atoms with E-state index in [9.17, 15) is 0 Å². The van der Waals surface area contributed by atoms with Crippen molar-refractivity contribution in [2.75, 3.05) is 32.8 Å². The third kappa shape index (κ3) is 2.95. The van der Waals surface area contributed by atoms with Crippen LogP contribution >= 0.6 is 12.2 Å². The predicted octanol–water partition coefficient (Wildman–Crippen LogP) is -0.0822. The number of pyridine rings is 1. The Labute approximate surface area is 122 Å². The average molecular weight is 292 g/mol. The van der Waals surface area contributed by atoms with Crippen molar-refractivity contribution in [3.8, 4) is 11.4 Å². The van der Waals surface area contributed by atoms with Crippen LogP contribution in [0.1, 0.15) is 0 Å². The summed E-state index contributed by atoms with van der Waals surface area (Å²) in [6, 6.07) is 3.90. The molecule has 0 amide bonds. The topological polar surface area (TPSA) is 60.2 Å². The lowest BCUT2D eigenvalue weighted by molar-refractivity contribution is -0.908. The number of hydrogen-bond acceptors (Lipinski definition) is 4. The second kappa shape index (κ2) is 6.25. The Balaban J connectivity index is 1.76. The molecule has 0 saturated carbocycles. The highest BCUT2D eigenvalue weighted by Gasteiger charge is 2.15. The fraction of sp³-hybridized carbons (Fsp3) is 0.462. The molecule has 0 atom stereocenters. The van der Waals surface area contributed by atoms with Gasteiger partial charge in [0.1, 0.15) is 13.1 Å². The molecule has 0 spiro atoms. The van der Waals surface area contributed by atoms with Crippen molar-refractivity contribution in [1.82, 2.24) is 19.7 Å². The van der Waals surface area contributed by atoms with Gasteiger partial charge in [0.2, 0.25) is 0 Å². The highest BCUT2D eigenvalue weighted by molar-refractivity contribution is 7.71. The lowest BCUT2D eigenvalue weighted by Gasteiger charge is -2.23. The van der Waals surface area contributed by atoms with Crippen LogP contribution in [0.4, 0.5) is 0 Å². The van der Waals surface area contributed by atoms with Crippen LogP contribution in [0.5, 0.6) is 0 Å². The Morgan fingerprint density at radius 1 is 1.40 bits per heavy atom. The number of nitrogens with zero attached hydrogens (tertiary/aromatic N) is 3. The number of morpholine rings is 1.